The molecule has 0 bridgehead atoms. The summed E-state index contributed by atoms with van der Waals surface area (Å²) in [4.78, 5) is 12.3. The molecule has 0 fully saturated rings. The van der Waals surface area contributed by atoms with Gasteiger partial charge in [-0.05, 0) is 44.9 Å². The fourth-order valence-corrected chi connectivity index (χ4v) is 5.44. The maximum atomic E-state index is 12.3. The van der Waals surface area contributed by atoms with E-state index in [0.29, 0.717) is 6.42 Å². The van der Waals surface area contributed by atoms with E-state index in [4.69, 9.17) is 0 Å². The summed E-state index contributed by atoms with van der Waals surface area (Å²) in [6.45, 7) is 4.27. The molecule has 3 N–H and O–H groups in total. The molecule has 0 aromatic rings. The van der Waals surface area contributed by atoms with Crippen LogP contribution >= 0.6 is 0 Å². The highest BCUT2D eigenvalue weighted by Crippen LogP contribution is 2.14. The molecule has 0 rings (SSSR count). The number of amides is 1. The quantitative estimate of drug-likeness (QED) is 0.0516. The van der Waals surface area contributed by atoms with E-state index in [9.17, 15) is 15.0 Å². The first-order chi connectivity index (χ1) is 21.2. The highest BCUT2D eigenvalue weighted by molar-refractivity contribution is 5.76. The number of allylic oxidation sites excluding steroid dienone is 5. The maximum Gasteiger partial charge on any atom is 0.220 e. The minimum absolute atomic E-state index is 0.0784. The number of aliphatic hydroxyl groups excluding tert-OH is 2. The van der Waals surface area contributed by atoms with E-state index in [1.54, 1.807) is 6.08 Å². The van der Waals surface area contributed by atoms with Crippen LogP contribution in [-0.4, -0.2) is 34.9 Å². The Hall–Kier alpha value is -1.39. The smallest absolute Gasteiger partial charge is 0.220 e. The average Bonchev–Trinajstić information content (AvgIpc) is 3.01. The van der Waals surface area contributed by atoms with Gasteiger partial charge in [-0.2, -0.15) is 0 Å². The van der Waals surface area contributed by atoms with E-state index in [1.807, 2.05) is 6.08 Å². The van der Waals surface area contributed by atoms with Crippen molar-refractivity contribution in [1.29, 1.82) is 0 Å². The second kappa shape index (κ2) is 35.1. The van der Waals surface area contributed by atoms with Crippen molar-refractivity contribution < 1.29 is 15.0 Å². The predicted molar refractivity (Wildman–Crippen MR) is 188 cm³/mol. The number of hydrogen-bond donors (Lipinski definition) is 3. The second-order valence-corrected chi connectivity index (χ2v) is 12.6. The molecule has 0 aliphatic carbocycles. The summed E-state index contributed by atoms with van der Waals surface area (Å²) in [7, 11) is 0. The van der Waals surface area contributed by atoms with E-state index < -0.39 is 12.1 Å². The largest absolute Gasteiger partial charge is 0.394 e. The van der Waals surface area contributed by atoms with Crippen LogP contribution < -0.4 is 5.32 Å². The molecule has 0 radical (unpaired) electrons. The first-order valence-electron chi connectivity index (χ1n) is 18.7. The van der Waals surface area contributed by atoms with Gasteiger partial charge in [0.05, 0.1) is 18.8 Å². The summed E-state index contributed by atoms with van der Waals surface area (Å²) in [5, 5.41) is 22.9. The van der Waals surface area contributed by atoms with Crippen LogP contribution in [0.3, 0.4) is 0 Å². The molecule has 2 unspecified atom stereocenters. The van der Waals surface area contributed by atoms with Crippen molar-refractivity contribution in [2.75, 3.05) is 6.61 Å². The molecule has 0 aromatic heterocycles. The minimum atomic E-state index is -0.865. The Labute approximate surface area is 268 Å². The molecule has 0 aliphatic rings. The van der Waals surface area contributed by atoms with E-state index in [2.05, 4.69) is 43.5 Å². The van der Waals surface area contributed by atoms with Gasteiger partial charge in [-0.25, -0.2) is 0 Å². The number of carbonyl (C=O) groups excluding carboxylic acids is 1. The number of nitrogens with one attached hydrogen (secondary N) is 1. The van der Waals surface area contributed by atoms with Gasteiger partial charge in [0.2, 0.25) is 5.91 Å². The molecule has 252 valence electrons. The van der Waals surface area contributed by atoms with Gasteiger partial charge in [0.25, 0.3) is 0 Å². The summed E-state index contributed by atoms with van der Waals surface area (Å²) < 4.78 is 0. The van der Waals surface area contributed by atoms with Gasteiger partial charge in [0, 0.05) is 6.42 Å². The van der Waals surface area contributed by atoms with Crippen molar-refractivity contribution in [1.82, 2.24) is 5.32 Å². The second-order valence-electron chi connectivity index (χ2n) is 12.6. The lowest BCUT2D eigenvalue weighted by atomic mass is 10.0. The number of unbranched alkanes of at least 4 members (excludes halogenated alkanes) is 22. The summed E-state index contributed by atoms with van der Waals surface area (Å²) in [6.07, 6.45) is 45.1. The van der Waals surface area contributed by atoms with Crippen molar-refractivity contribution >= 4 is 5.91 Å². The zero-order valence-electron chi connectivity index (χ0n) is 28.7. The van der Waals surface area contributed by atoms with Crippen LogP contribution in [0.1, 0.15) is 187 Å². The molecule has 0 aromatic carbocycles. The Balaban J connectivity index is 3.68. The predicted octanol–water partition coefficient (Wildman–Crippen LogP) is 11.1. The molecule has 4 nitrogen and oxygen atoms in total. The van der Waals surface area contributed by atoms with Crippen LogP contribution in [-0.2, 0) is 4.79 Å². The van der Waals surface area contributed by atoms with Gasteiger partial charge >= 0.3 is 0 Å². The third-order valence-electron chi connectivity index (χ3n) is 8.35. The molecule has 0 saturated carbocycles. The molecule has 43 heavy (non-hydrogen) atoms. The lowest BCUT2D eigenvalue weighted by Gasteiger charge is -2.19. The van der Waals surface area contributed by atoms with Crippen molar-refractivity contribution in [3.8, 4) is 0 Å². The van der Waals surface area contributed by atoms with Crippen LogP contribution in [0, 0.1) is 0 Å². The minimum Gasteiger partial charge on any atom is -0.394 e. The van der Waals surface area contributed by atoms with Crippen molar-refractivity contribution in [2.45, 2.75) is 199 Å². The third kappa shape index (κ3) is 31.8. The Morgan fingerprint density at radius 1 is 0.535 bits per heavy atom. The van der Waals surface area contributed by atoms with Gasteiger partial charge in [0.15, 0.2) is 0 Å². The van der Waals surface area contributed by atoms with Crippen molar-refractivity contribution in [3.05, 3.63) is 36.5 Å². The van der Waals surface area contributed by atoms with Crippen LogP contribution in [0.25, 0.3) is 0 Å². The van der Waals surface area contributed by atoms with E-state index in [1.165, 1.54) is 128 Å². The first kappa shape index (κ1) is 41.6. The monoisotopic (exact) mass is 604 g/mol. The molecule has 4 heteroatoms. The molecule has 0 heterocycles. The average molecular weight is 604 g/mol. The van der Waals surface area contributed by atoms with Crippen molar-refractivity contribution in [3.63, 3.8) is 0 Å². The summed E-state index contributed by atoms with van der Waals surface area (Å²) in [6, 6.07) is -0.640. The van der Waals surface area contributed by atoms with Crippen LogP contribution in [0.15, 0.2) is 36.5 Å². The maximum absolute atomic E-state index is 12.3. The van der Waals surface area contributed by atoms with Crippen molar-refractivity contribution in [2.24, 2.45) is 0 Å². The Morgan fingerprint density at radius 3 is 1.35 bits per heavy atom. The van der Waals surface area contributed by atoms with Gasteiger partial charge in [0.1, 0.15) is 0 Å². The summed E-state index contributed by atoms with van der Waals surface area (Å²) in [5.74, 6) is -0.0784. The highest BCUT2D eigenvalue weighted by atomic mass is 16.3. The van der Waals surface area contributed by atoms with Crippen LogP contribution in [0.4, 0.5) is 0 Å². The van der Waals surface area contributed by atoms with Crippen LogP contribution in [0.2, 0.25) is 0 Å². The number of carbonyl (C=O) groups is 1. The lowest BCUT2D eigenvalue weighted by molar-refractivity contribution is -0.123. The fraction of sp³-hybridized carbons (Fsp3) is 0.821. The summed E-state index contributed by atoms with van der Waals surface area (Å²) in [5.41, 5.74) is 0. The van der Waals surface area contributed by atoms with E-state index in [-0.39, 0.29) is 12.5 Å². The Morgan fingerprint density at radius 2 is 0.907 bits per heavy atom. The highest BCUT2D eigenvalue weighted by Gasteiger charge is 2.17. The van der Waals surface area contributed by atoms with Gasteiger partial charge in [-0.1, -0.05) is 172 Å². The Bertz CT molecular complexity index is 657. The van der Waals surface area contributed by atoms with Gasteiger partial charge in [-0.15, -0.1) is 0 Å². The normalized spacial score (nSPS) is 13.5. The molecular formula is C39H73NO3. The molecule has 0 spiro atoms. The number of aliphatic hydroxyl groups is 2. The molecule has 2 atom stereocenters. The summed E-state index contributed by atoms with van der Waals surface area (Å²) >= 11 is 0. The Kier molecular flexibility index (Phi) is 34.0. The number of hydrogen-bond acceptors (Lipinski definition) is 3. The molecule has 0 aliphatic heterocycles. The van der Waals surface area contributed by atoms with E-state index in [0.717, 1.165) is 38.5 Å². The lowest BCUT2D eigenvalue weighted by Crippen LogP contribution is -2.45. The standard InChI is InChI=1S/C39H73NO3/c1-3-5-7-9-11-13-15-17-19-21-23-25-27-29-31-33-35-39(43)40-37(36-41)38(42)34-32-30-28-26-24-22-20-18-16-14-12-10-8-6-4-2/h16,18,24,26,32,34,37-38,41-42H,3-15,17,19-23,25,27-31,33,35-36H2,1-2H3,(H,40,43)/b18-16+,26-24+,34-32+. The zero-order valence-corrected chi connectivity index (χ0v) is 28.7. The van der Waals surface area contributed by atoms with Crippen LogP contribution in [0.5, 0.6) is 0 Å². The topological polar surface area (TPSA) is 69.6 Å². The van der Waals surface area contributed by atoms with Gasteiger partial charge in [-0.3, -0.25) is 4.79 Å². The third-order valence-corrected chi connectivity index (χ3v) is 8.35. The van der Waals surface area contributed by atoms with Gasteiger partial charge < -0.3 is 15.5 Å². The first-order valence-corrected chi connectivity index (χ1v) is 18.7. The van der Waals surface area contributed by atoms with E-state index >= 15 is 0 Å². The zero-order chi connectivity index (χ0) is 31.5. The number of rotatable bonds is 33. The fourth-order valence-electron chi connectivity index (χ4n) is 5.44. The SMILES string of the molecule is CCCCCCC/C=C/CC/C=C/CC/C=C/C(O)C(CO)NC(=O)CCCCCCCCCCCCCCCCCC. The molecular weight excluding hydrogens is 530 g/mol. The molecule has 1 amide bonds. The molecule has 0 saturated heterocycles.